The van der Waals surface area contributed by atoms with E-state index in [0.717, 1.165) is 0 Å². The molecule has 0 fully saturated rings. The van der Waals surface area contributed by atoms with Gasteiger partial charge in [-0.05, 0) is 52.3 Å². The molecule has 2 heterocycles. The Kier molecular flexibility index (Phi) is 7.60. The summed E-state index contributed by atoms with van der Waals surface area (Å²) in [6, 6.07) is 12.9. The predicted octanol–water partition coefficient (Wildman–Crippen LogP) is 6.21. The Labute approximate surface area is 206 Å². The zero-order valence-electron chi connectivity index (χ0n) is 17.8. The molecule has 178 valence electrons. The SMILES string of the molecule is COCOc1cccc(OC(F)F)c1Cn1c(Cc2ccc(Br)nc2F)nc2ccc(Cl)cc21. The van der Waals surface area contributed by atoms with Crippen LogP contribution in [0, 0.1) is 5.95 Å². The van der Waals surface area contributed by atoms with E-state index in [1.165, 1.54) is 13.2 Å². The van der Waals surface area contributed by atoms with E-state index in [9.17, 15) is 13.2 Å². The molecule has 0 aliphatic carbocycles. The molecule has 0 N–H and O–H groups in total. The summed E-state index contributed by atoms with van der Waals surface area (Å²) in [4.78, 5) is 8.44. The highest BCUT2D eigenvalue weighted by Crippen LogP contribution is 2.33. The van der Waals surface area contributed by atoms with Crippen molar-refractivity contribution in [3.63, 3.8) is 0 Å². The van der Waals surface area contributed by atoms with Gasteiger partial charge in [-0.25, -0.2) is 9.97 Å². The summed E-state index contributed by atoms with van der Waals surface area (Å²) in [5.41, 5.74) is 1.91. The molecule has 4 rings (SSSR count). The van der Waals surface area contributed by atoms with Crippen molar-refractivity contribution in [1.29, 1.82) is 0 Å². The van der Waals surface area contributed by atoms with Crippen molar-refractivity contribution in [3.05, 3.63) is 81.1 Å². The van der Waals surface area contributed by atoms with E-state index in [-0.39, 0.29) is 25.5 Å². The number of pyridine rings is 1. The Morgan fingerprint density at radius 2 is 1.88 bits per heavy atom. The van der Waals surface area contributed by atoms with E-state index in [2.05, 4.69) is 25.9 Å². The number of hydrogen-bond donors (Lipinski definition) is 0. The van der Waals surface area contributed by atoms with Crippen LogP contribution < -0.4 is 9.47 Å². The highest BCUT2D eigenvalue weighted by molar-refractivity contribution is 9.10. The molecule has 0 saturated carbocycles. The van der Waals surface area contributed by atoms with Gasteiger partial charge in [0.25, 0.3) is 0 Å². The van der Waals surface area contributed by atoms with Gasteiger partial charge in [-0.1, -0.05) is 23.7 Å². The highest BCUT2D eigenvalue weighted by Gasteiger charge is 2.20. The fourth-order valence-electron chi connectivity index (χ4n) is 3.52. The molecular weight excluding hydrogens is 539 g/mol. The average molecular weight is 557 g/mol. The minimum Gasteiger partial charge on any atom is -0.467 e. The van der Waals surface area contributed by atoms with Crippen LogP contribution in [0.5, 0.6) is 11.5 Å². The predicted molar refractivity (Wildman–Crippen MR) is 124 cm³/mol. The average Bonchev–Trinajstić information content (AvgIpc) is 3.11. The number of imidazole rings is 1. The smallest absolute Gasteiger partial charge is 0.387 e. The molecule has 4 aromatic rings. The number of hydrogen-bond acceptors (Lipinski definition) is 5. The maximum atomic E-state index is 14.5. The van der Waals surface area contributed by atoms with E-state index in [4.69, 9.17) is 25.8 Å². The zero-order valence-corrected chi connectivity index (χ0v) is 20.1. The Morgan fingerprint density at radius 1 is 1.09 bits per heavy atom. The van der Waals surface area contributed by atoms with Crippen LogP contribution in [0.1, 0.15) is 17.0 Å². The monoisotopic (exact) mass is 555 g/mol. The van der Waals surface area contributed by atoms with Gasteiger partial charge < -0.3 is 18.8 Å². The van der Waals surface area contributed by atoms with E-state index in [0.29, 0.717) is 43.4 Å². The molecule has 34 heavy (non-hydrogen) atoms. The first-order chi connectivity index (χ1) is 16.4. The molecular formula is C23H18BrClF3N3O3. The lowest BCUT2D eigenvalue weighted by molar-refractivity contribution is -0.0507. The van der Waals surface area contributed by atoms with Gasteiger partial charge in [0.1, 0.15) is 21.9 Å². The van der Waals surface area contributed by atoms with Crippen LogP contribution in [0.25, 0.3) is 11.0 Å². The Hall–Kier alpha value is -2.82. The third-order valence-corrected chi connectivity index (χ3v) is 5.66. The van der Waals surface area contributed by atoms with E-state index >= 15 is 0 Å². The molecule has 0 aliphatic heterocycles. The van der Waals surface area contributed by atoms with Gasteiger partial charge in [-0.3, -0.25) is 0 Å². The zero-order chi connectivity index (χ0) is 24.2. The second kappa shape index (κ2) is 10.6. The van der Waals surface area contributed by atoms with Crippen LogP contribution >= 0.6 is 27.5 Å². The van der Waals surface area contributed by atoms with Crippen molar-refractivity contribution in [2.45, 2.75) is 19.6 Å². The minimum absolute atomic E-state index is 0.0414. The Morgan fingerprint density at radius 3 is 2.62 bits per heavy atom. The third-order valence-electron chi connectivity index (χ3n) is 4.98. The van der Waals surface area contributed by atoms with E-state index < -0.39 is 12.6 Å². The molecule has 11 heteroatoms. The second-order valence-electron chi connectivity index (χ2n) is 7.17. The molecule has 2 aromatic carbocycles. The first kappa shape index (κ1) is 24.3. The van der Waals surface area contributed by atoms with Gasteiger partial charge >= 0.3 is 6.61 Å². The number of ether oxygens (including phenoxy) is 3. The van der Waals surface area contributed by atoms with Crippen LogP contribution in [0.15, 0.2) is 53.1 Å². The van der Waals surface area contributed by atoms with E-state index in [1.54, 1.807) is 47.0 Å². The van der Waals surface area contributed by atoms with Crippen molar-refractivity contribution >= 4 is 38.6 Å². The topological polar surface area (TPSA) is 58.4 Å². The molecule has 0 unspecified atom stereocenters. The number of aromatic nitrogens is 3. The van der Waals surface area contributed by atoms with Crippen molar-refractivity contribution in [2.75, 3.05) is 13.9 Å². The van der Waals surface area contributed by atoms with Crippen molar-refractivity contribution in [2.24, 2.45) is 0 Å². The first-order valence-corrected chi connectivity index (χ1v) is 11.2. The quantitative estimate of drug-likeness (QED) is 0.181. The molecule has 0 spiro atoms. The molecule has 0 amide bonds. The number of fused-ring (bicyclic) bond motifs is 1. The number of nitrogens with zero attached hydrogens (tertiary/aromatic N) is 3. The summed E-state index contributed by atoms with van der Waals surface area (Å²) < 4.78 is 58.2. The molecule has 6 nitrogen and oxygen atoms in total. The normalized spacial score (nSPS) is 11.4. The fraction of sp³-hybridized carbons (Fsp3) is 0.217. The van der Waals surface area contributed by atoms with Crippen LogP contribution in [0.4, 0.5) is 13.2 Å². The van der Waals surface area contributed by atoms with Crippen molar-refractivity contribution in [1.82, 2.24) is 14.5 Å². The van der Waals surface area contributed by atoms with Crippen LogP contribution in [0.2, 0.25) is 5.02 Å². The van der Waals surface area contributed by atoms with Crippen molar-refractivity contribution < 1.29 is 27.4 Å². The number of rotatable bonds is 9. The van der Waals surface area contributed by atoms with E-state index in [1.807, 2.05) is 0 Å². The molecule has 0 aliphatic rings. The van der Waals surface area contributed by atoms with Gasteiger partial charge in [-0.2, -0.15) is 13.2 Å². The van der Waals surface area contributed by atoms with Gasteiger partial charge in [0.2, 0.25) is 5.95 Å². The number of alkyl halides is 2. The maximum Gasteiger partial charge on any atom is 0.387 e. The van der Waals surface area contributed by atoms with Crippen LogP contribution in [0.3, 0.4) is 0 Å². The van der Waals surface area contributed by atoms with Crippen molar-refractivity contribution in [3.8, 4) is 11.5 Å². The highest BCUT2D eigenvalue weighted by atomic mass is 79.9. The lowest BCUT2D eigenvalue weighted by Crippen LogP contribution is -2.12. The third kappa shape index (κ3) is 5.45. The summed E-state index contributed by atoms with van der Waals surface area (Å²) in [5, 5.41) is 0.463. The summed E-state index contributed by atoms with van der Waals surface area (Å²) in [5.74, 6) is 0.0719. The van der Waals surface area contributed by atoms with Gasteiger partial charge in [0, 0.05) is 24.1 Å². The lowest BCUT2D eigenvalue weighted by atomic mass is 10.1. The Balaban J connectivity index is 1.84. The van der Waals surface area contributed by atoms with Gasteiger partial charge in [-0.15, -0.1) is 0 Å². The summed E-state index contributed by atoms with van der Waals surface area (Å²) in [7, 11) is 1.45. The summed E-state index contributed by atoms with van der Waals surface area (Å²) >= 11 is 9.37. The molecule has 0 atom stereocenters. The Bertz CT molecular complexity index is 1320. The number of methoxy groups -OCH3 is 1. The lowest BCUT2D eigenvalue weighted by Gasteiger charge is -2.18. The second-order valence-corrected chi connectivity index (χ2v) is 8.42. The number of halogens is 5. The van der Waals surface area contributed by atoms with Crippen LogP contribution in [-0.4, -0.2) is 35.0 Å². The molecule has 2 aromatic heterocycles. The maximum absolute atomic E-state index is 14.5. The summed E-state index contributed by atoms with van der Waals surface area (Å²) in [6.07, 6.45) is 0.102. The molecule has 0 saturated heterocycles. The summed E-state index contributed by atoms with van der Waals surface area (Å²) in [6.45, 7) is -3.09. The first-order valence-electron chi connectivity index (χ1n) is 9.99. The minimum atomic E-state index is -3.03. The van der Waals surface area contributed by atoms with Gasteiger partial charge in [0.15, 0.2) is 6.79 Å². The largest absolute Gasteiger partial charge is 0.467 e. The molecule has 0 radical (unpaired) electrons. The standard InChI is InChI=1S/C23H18BrClF3N3O3/c1-32-12-33-18-3-2-4-19(34-23(27)28)15(18)11-31-17-10-14(25)6-7-16(17)29-21(31)9-13-5-8-20(24)30-22(13)26/h2-8,10,23H,9,11-12H2,1H3. The van der Waals surface area contributed by atoms with Crippen LogP contribution in [-0.2, 0) is 17.7 Å². The molecule has 0 bridgehead atoms. The number of benzene rings is 2. The fourth-order valence-corrected chi connectivity index (χ4v) is 3.98. The van der Waals surface area contributed by atoms with Gasteiger partial charge in [0.05, 0.1) is 23.1 Å².